The lowest BCUT2D eigenvalue weighted by molar-refractivity contribution is -0.150. The molecule has 0 bridgehead atoms. The molecule has 0 aromatic carbocycles. The first-order valence-corrected chi connectivity index (χ1v) is 6.15. The Hall–Kier alpha value is -1.70. The number of nitrogens with zero attached hydrogens (tertiary/aromatic N) is 2. The van der Waals surface area contributed by atoms with E-state index in [0.717, 1.165) is 0 Å². The molecular formula is C13H20N2O3. The van der Waals surface area contributed by atoms with Crippen molar-refractivity contribution in [3.8, 4) is 12.3 Å². The fourth-order valence-corrected chi connectivity index (χ4v) is 2.03. The van der Waals surface area contributed by atoms with E-state index < -0.39 is 11.4 Å². The van der Waals surface area contributed by atoms with Crippen molar-refractivity contribution in [2.24, 2.45) is 5.41 Å². The number of carbonyl (C=O) groups excluding carboxylic acids is 1. The van der Waals surface area contributed by atoms with Crippen molar-refractivity contribution >= 4 is 12.0 Å². The van der Waals surface area contributed by atoms with Crippen molar-refractivity contribution in [2.75, 3.05) is 26.2 Å². The summed E-state index contributed by atoms with van der Waals surface area (Å²) in [5.41, 5.74) is -0.708. The van der Waals surface area contributed by atoms with Crippen molar-refractivity contribution in [1.82, 2.24) is 9.80 Å². The number of carboxylic acid groups (broad SMARTS) is 1. The SMILES string of the molecule is C#CCN(CC)C(=O)N1CCC(C)(C(=O)O)CC1. The monoisotopic (exact) mass is 252 g/mol. The van der Waals surface area contributed by atoms with Crippen LogP contribution >= 0.6 is 0 Å². The summed E-state index contributed by atoms with van der Waals surface area (Å²) in [6, 6.07) is -0.0945. The average Bonchev–Trinajstić information content (AvgIpc) is 2.36. The van der Waals surface area contributed by atoms with Crippen molar-refractivity contribution in [3.63, 3.8) is 0 Å². The highest BCUT2D eigenvalue weighted by Gasteiger charge is 2.38. The molecule has 5 heteroatoms. The molecule has 0 aromatic heterocycles. The summed E-state index contributed by atoms with van der Waals surface area (Å²) < 4.78 is 0. The number of piperidine rings is 1. The number of hydrogen-bond donors (Lipinski definition) is 1. The van der Waals surface area contributed by atoms with Gasteiger partial charge in [-0.25, -0.2) is 4.79 Å². The summed E-state index contributed by atoms with van der Waals surface area (Å²) in [7, 11) is 0. The maximum Gasteiger partial charge on any atom is 0.320 e. The summed E-state index contributed by atoms with van der Waals surface area (Å²) >= 11 is 0. The highest BCUT2D eigenvalue weighted by Crippen LogP contribution is 2.31. The Labute approximate surface area is 108 Å². The lowest BCUT2D eigenvalue weighted by Gasteiger charge is -2.38. The number of amides is 2. The van der Waals surface area contributed by atoms with Gasteiger partial charge >= 0.3 is 12.0 Å². The van der Waals surface area contributed by atoms with E-state index in [1.807, 2.05) is 6.92 Å². The van der Waals surface area contributed by atoms with Crippen LogP contribution in [0, 0.1) is 17.8 Å². The Morgan fingerprint density at radius 3 is 2.39 bits per heavy atom. The summed E-state index contributed by atoms with van der Waals surface area (Å²) in [5.74, 6) is 1.67. The van der Waals surface area contributed by atoms with Crippen LogP contribution in [0.15, 0.2) is 0 Å². The minimum absolute atomic E-state index is 0.0945. The van der Waals surface area contributed by atoms with E-state index in [1.54, 1.807) is 16.7 Å². The highest BCUT2D eigenvalue weighted by molar-refractivity contribution is 5.77. The van der Waals surface area contributed by atoms with E-state index in [9.17, 15) is 9.59 Å². The number of likely N-dealkylation sites (tertiary alicyclic amines) is 1. The van der Waals surface area contributed by atoms with Gasteiger partial charge in [0.2, 0.25) is 0 Å². The molecule has 0 spiro atoms. The smallest absolute Gasteiger partial charge is 0.320 e. The predicted octanol–water partition coefficient (Wildman–Crippen LogP) is 1.25. The second-order valence-electron chi connectivity index (χ2n) is 4.85. The first-order chi connectivity index (χ1) is 8.44. The van der Waals surface area contributed by atoms with Crippen LogP contribution in [0.25, 0.3) is 0 Å². The number of terminal acetylenes is 1. The molecule has 0 radical (unpaired) electrons. The largest absolute Gasteiger partial charge is 0.481 e. The normalized spacial score (nSPS) is 17.9. The lowest BCUT2D eigenvalue weighted by atomic mass is 9.80. The Morgan fingerprint density at radius 2 is 2.00 bits per heavy atom. The first kappa shape index (κ1) is 14.4. The van der Waals surface area contributed by atoms with Gasteiger partial charge in [0.05, 0.1) is 12.0 Å². The second kappa shape index (κ2) is 5.76. The van der Waals surface area contributed by atoms with E-state index in [1.165, 1.54) is 0 Å². The molecule has 1 aliphatic rings. The number of carbonyl (C=O) groups is 2. The molecule has 18 heavy (non-hydrogen) atoms. The number of aliphatic carboxylic acids is 1. The third kappa shape index (κ3) is 2.95. The van der Waals surface area contributed by atoms with E-state index in [0.29, 0.717) is 39.0 Å². The van der Waals surface area contributed by atoms with Gasteiger partial charge in [0.15, 0.2) is 0 Å². The highest BCUT2D eigenvalue weighted by atomic mass is 16.4. The van der Waals surface area contributed by atoms with E-state index in [-0.39, 0.29) is 6.03 Å². The fourth-order valence-electron chi connectivity index (χ4n) is 2.03. The number of urea groups is 1. The van der Waals surface area contributed by atoms with Crippen LogP contribution in [0.3, 0.4) is 0 Å². The third-order valence-corrected chi connectivity index (χ3v) is 3.59. The summed E-state index contributed by atoms with van der Waals surface area (Å²) in [6.07, 6.45) is 6.19. The predicted molar refractivity (Wildman–Crippen MR) is 68.0 cm³/mol. The Balaban J connectivity index is 2.60. The fraction of sp³-hybridized carbons (Fsp3) is 0.692. The van der Waals surface area contributed by atoms with Crippen LogP contribution in [0.5, 0.6) is 0 Å². The zero-order chi connectivity index (χ0) is 13.8. The van der Waals surface area contributed by atoms with Gasteiger partial charge in [-0.1, -0.05) is 5.92 Å². The van der Waals surface area contributed by atoms with E-state index >= 15 is 0 Å². The molecule has 1 rings (SSSR count). The molecule has 1 N–H and O–H groups in total. The molecule has 1 saturated heterocycles. The molecule has 0 unspecified atom stereocenters. The summed E-state index contributed by atoms with van der Waals surface area (Å²) in [4.78, 5) is 26.5. The lowest BCUT2D eigenvalue weighted by Crippen LogP contribution is -2.50. The topological polar surface area (TPSA) is 60.9 Å². The zero-order valence-corrected chi connectivity index (χ0v) is 11.0. The molecule has 1 heterocycles. The number of carboxylic acids is 1. The Kier molecular flexibility index (Phi) is 4.60. The van der Waals surface area contributed by atoms with Gasteiger partial charge < -0.3 is 14.9 Å². The van der Waals surface area contributed by atoms with E-state index in [2.05, 4.69) is 5.92 Å². The van der Waals surface area contributed by atoms with Gasteiger partial charge in [-0.3, -0.25) is 4.79 Å². The van der Waals surface area contributed by atoms with Crippen molar-refractivity contribution in [2.45, 2.75) is 26.7 Å². The van der Waals surface area contributed by atoms with Crippen LogP contribution in [-0.2, 0) is 4.79 Å². The first-order valence-electron chi connectivity index (χ1n) is 6.15. The van der Waals surface area contributed by atoms with E-state index in [4.69, 9.17) is 11.5 Å². The van der Waals surface area contributed by atoms with Crippen LogP contribution in [0.2, 0.25) is 0 Å². The standard InChI is InChI=1S/C13H20N2O3/c1-4-8-14(5-2)12(18)15-9-6-13(3,7-10-15)11(16)17/h1H,5-10H2,2-3H3,(H,16,17). The molecule has 5 nitrogen and oxygen atoms in total. The van der Waals surface area contributed by atoms with Crippen LogP contribution in [0.4, 0.5) is 4.79 Å². The Morgan fingerprint density at radius 1 is 1.44 bits per heavy atom. The van der Waals surface area contributed by atoms with Crippen molar-refractivity contribution in [1.29, 1.82) is 0 Å². The molecule has 0 saturated carbocycles. The zero-order valence-electron chi connectivity index (χ0n) is 11.0. The maximum absolute atomic E-state index is 12.1. The maximum atomic E-state index is 12.1. The molecule has 1 aliphatic heterocycles. The van der Waals surface area contributed by atoms with Crippen molar-refractivity contribution in [3.05, 3.63) is 0 Å². The molecule has 0 aromatic rings. The van der Waals surface area contributed by atoms with Gasteiger partial charge in [-0.05, 0) is 26.7 Å². The quantitative estimate of drug-likeness (QED) is 0.769. The van der Waals surface area contributed by atoms with Gasteiger partial charge in [0, 0.05) is 19.6 Å². The van der Waals surface area contributed by atoms with Crippen LogP contribution in [0.1, 0.15) is 26.7 Å². The van der Waals surface area contributed by atoms with Crippen LogP contribution < -0.4 is 0 Å². The van der Waals surface area contributed by atoms with Gasteiger partial charge in [-0.2, -0.15) is 0 Å². The molecule has 0 atom stereocenters. The molecule has 100 valence electrons. The summed E-state index contributed by atoms with van der Waals surface area (Å²) in [5, 5.41) is 9.12. The molecule has 2 amide bonds. The van der Waals surface area contributed by atoms with Crippen molar-refractivity contribution < 1.29 is 14.7 Å². The number of rotatable bonds is 3. The van der Waals surface area contributed by atoms with Crippen LogP contribution in [-0.4, -0.2) is 53.1 Å². The Bertz CT molecular complexity index is 365. The van der Waals surface area contributed by atoms with Gasteiger partial charge in [-0.15, -0.1) is 6.42 Å². The van der Waals surface area contributed by atoms with Gasteiger partial charge in [0.1, 0.15) is 0 Å². The number of hydrogen-bond acceptors (Lipinski definition) is 2. The summed E-state index contributed by atoms with van der Waals surface area (Å²) in [6.45, 7) is 5.42. The average molecular weight is 252 g/mol. The molecule has 0 aliphatic carbocycles. The molecular weight excluding hydrogens is 232 g/mol. The minimum atomic E-state index is -0.787. The second-order valence-corrected chi connectivity index (χ2v) is 4.85. The molecule has 1 fully saturated rings. The van der Waals surface area contributed by atoms with Gasteiger partial charge in [0.25, 0.3) is 0 Å². The third-order valence-electron chi connectivity index (χ3n) is 3.59. The minimum Gasteiger partial charge on any atom is -0.481 e.